The number of ether oxygens (including phenoxy) is 1. The largest absolute Gasteiger partial charge is 0.472 e. The van der Waals surface area contributed by atoms with E-state index in [9.17, 15) is 0 Å². The predicted molar refractivity (Wildman–Crippen MR) is 71.4 cm³/mol. The summed E-state index contributed by atoms with van der Waals surface area (Å²) in [6, 6.07) is 6.39. The van der Waals surface area contributed by atoms with Crippen LogP contribution in [0.1, 0.15) is 19.0 Å². The molecule has 1 atom stereocenters. The van der Waals surface area contributed by atoms with Crippen LogP contribution < -0.4 is 9.64 Å². The minimum atomic E-state index is 0.145. The minimum Gasteiger partial charge on any atom is -0.472 e. The summed E-state index contributed by atoms with van der Waals surface area (Å²) in [7, 11) is 0. The van der Waals surface area contributed by atoms with Crippen LogP contribution in [0.25, 0.3) is 0 Å². The van der Waals surface area contributed by atoms with Crippen molar-refractivity contribution >= 4 is 6.01 Å². The highest BCUT2D eigenvalue weighted by atomic mass is 16.5. The second kappa shape index (κ2) is 5.30. The molecule has 0 saturated carbocycles. The number of hydrogen-bond acceptors (Lipinski definition) is 5. The van der Waals surface area contributed by atoms with Gasteiger partial charge in [0.15, 0.2) is 0 Å². The lowest BCUT2D eigenvalue weighted by Gasteiger charge is -2.14. The number of rotatable bonds is 4. The molecule has 0 aromatic carbocycles. The third-order valence-electron chi connectivity index (χ3n) is 3.24. The van der Waals surface area contributed by atoms with Gasteiger partial charge < -0.3 is 14.1 Å². The van der Waals surface area contributed by atoms with Crippen LogP contribution in [-0.2, 0) is 6.42 Å². The van der Waals surface area contributed by atoms with Gasteiger partial charge in [-0.15, -0.1) is 0 Å². The summed E-state index contributed by atoms with van der Waals surface area (Å²) in [6.07, 6.45) is 5.46. The van der Waals surface area contributed by atoms with E-state index in [2.05, 4.69) is 21.8 Å². The van der Waals surface area contributed by atoms with Crippen LogP contribution in [-0.4, -0.2) is 29.2 Å². The summed E-state index contributed by atoms with van der Waals surface area (Å²) < 4.78 is 11.3. The fourth-order valence-corrected chi connectivity index (χ4v) is 2.19. The third-order valence-corrected chi connectivity index (χ3v) is 3.24. The van der Waals surface area contributed by atoms with E-state index in [1.807, 2.05) is 18.2 Å². The Kier molecular flexibility index (Phi) is 3.35. The second-order valence-electron chi connectivity index (χ2n) is 4.62. The van der Waals surface area contributed by atoms with Crippen molar-refractivity contribution in [1.29, 1.82) is 0 Å². The molecule has 0 spiro atoms. The molecule has 1 fully saturated rings. The molecular formula is C14H17N3O2. The first-order valence-electron chi connectivity index (χ1n) is 6.62. The SMILES string of the molecule is CCc1coc(N2CC[C@H](Oc3ccccn3)C2)n1. The summed E-state index contributed by atoms with van der Waals surface area (Å²) in [4.78, 5) is 10.7. The van der Waals surface area contributed by atoms with Crippen LogP contribution in [0, 0.1) is 0 Å². The average molecular weight is 259 g/mol. The lowest BCUT2D eigenvalue weighted by molar-refractivity contribution is 0.215. The molecule has 3 heterocycles. The van der Waals surface area contributed by atoms with E-state index in [-0.39, 0.29) is 6.10 Å². The van der Waals surface area contributed by atoms with Gasteiger partial charge in [0, 0.05) is 25.2 Å². The van der Waals surface area contributed by atoms with Crippen molar-refractivity contribution in [1.82, 2.24) is 9.97 Å². The smallest absolute Gasteiger partial charge is 0.297 e. The summed E-state index contributed by atoms with van der Waals surface area (Å²) >= 11 is 0. The van der Waals surface area contributed by atoms with Gasteiger partial charge in [0.2, 0.25) is 5.88 Å². The lowest BCUT2D eigenvalue weighted by atomic mass is 10.3. The Balaban J connectivity index is 1.61. The monoisotopic (exact) mass is 259 g/mol. The Morgan fingerprint density at radius 2 is 2.42 bits per heavy atom. The van der Waals surface area contributed by atoms with E-state index in [0.717, 1.165) is 31.6 Å². The zero-order chi connectivity index (χ0) is 13.1. The van der Waals surface area contributed by atoms with Gasteiger partial charge in [-0.2, -0.15) is 4.98 Å². The van der Waals surface area contributed by atoms with Gasteiger partial charge >= 0.3 is 0 Å². The highest BCUT2D eigenvalue weighted by Gasteiger charge is 2.27. The fraction of sp³-hybridized carbons (Fsp3) is 0.429. The third kappa shape index (κ3) is 2.70. The van der Waals surface area contributed by atoms with Gasteiger partial charge in [-0.25, -0.2) is 4.98 Å². The molecule has 2 aromatic heterocycles. The molecule has 0 N–H and O–H groups in total. The van der Waals surface area contributed by atoms with E-state index in [0.29, 0.717) is 11.9 Å². The molecule has 5 heteroatoms. The van der Waals surface area contributed by atoms with Crippen LogP contribution in [0.5, 0.6) is 5.88 Å². The van der Waals surface area contributed by atoms with E-state index in [1.165, 1.54) is 0 Å². The molecule has 0 amide bonds. The van der Waals surface area contributed by atoms with Crippen LogP contribution in [0.4, 0.5) is 6.01 Å². The number of hydrogen-bond donors (Lipinski definition) is 0. The Bertz CT molecular complexity index is 526. The maximum Gasteiger partial charge on any atom is 0.297 e. The van der Waals surface area contributed by atoms with Crippen molar-refractivity contribution in [2.75, 3.05) is 18.0 Å². The van der Waals surface area contributed by atoms with Crippen LogP contribution in [0.2, 0.25) is 0 Å². The van der Waals surface area contributed by atoms with Gasteiger partial charge in [-0.1, -0.05) is 13.0 Å². The Morgan fingerprint density at radius 3 is 3.16 bits per heavy atom. The van der Waals surface area contributed by atoms with Gasteiger partial charge in [0.05, 0.1) is 12.2 Å². The van der Waals surface area contributed by atoms with Crippen molar-refractivity contribution in [3.63, 3.8) is 0 Å². The zero-order valence-corrected chi connectivity index (χ0v) is 11.0. The molecule has 100 valence electrons. The van der Waals surface area contributed by atoms with Crippen molar-refractivity contribution in [3.05, 3.63) is 36.4 Å². The van der Waals surface area contributed by atoms with E-state index in [4.69, 9.17) is 9.15 Å². The molecule has 0 bridgehead atoms. The standard InChI is InChI=1S/C14H17N3O2/c1-2-11-10-18-14(16-11)17-8-6-12(9-17)19-13-5-3-4-7-15-13/h3-5,7,10,12H,2,6,8-9H2,1H3/t12-/m0/s1. The maximum absolute atomic E-state index is 5.84. The molecular weight excluding hydrogens is 242 g/mol. The molecule has 0 unspecified atom stereocenters. The molecule has 0 radical (unpaired) electrons. The quantitative estimate of drug-likeness (QED) is 0.843. The zero-order valence-electron chi connectivity index (χ0n) is 11.0. The van der Waals surface area contributed by atoms with Gasteiger partial charge in [-0.05, 0) is 12.5 Å². The molecule has 1 saturated heterocycles. The van der Waals surface area contributed by atoms with Gasteiger partial charge in [0.25, 0.3) is 6.01 Å². The highest BCUT2D eigenvalue weighted by Crippen LogP contribution is 2.22. The van der Waals surface area contributed by atoms with E-state index < -0.39 is 0 Å². The first-order chi connectivity index (χ1) is 9.35. The van der Waals surface area contributed by atoms with E-state index >= 15 is 0 Å². The minimum absolute atomic E-state index is 0.145. The normalized spacial score (nSPS) is 18.8. The number of oxazole rings is 1. The van der Waals surface area contributed by atoms with Crippen molar-refractivity contribution < 1.29 is 9.15 Å². The summed E-state index contributed by atoms with van der Waals surface area (Å²) in [5.74, 6) is 0.677. The summed E-state index contributed by atoms with van der Waals surface area (Å²) in [5.41, 5.74) is 0.990. The molecule has 1 aliphatic rings. The molecule has 19 heavy (non-hydrogen) atoms. The van der Waals surface area contributed by atoms with Crippen LogP contribution >= 0.6 is 0 Å². The van der Waals surface area contributed by atoms with Crippen molar-refractivity contribution in [2.24, 2.45) is 0 Å². The summed E-state index contributed by atoms with van der Waals surface area (Å²) in [6.45, 7) is 3.76. The molecule has 2 aromatic rings. The first-order valence-corrected chi connectivity index (χ1v) is 6.62. The molecule has 1 aliphatic heterocycles. The predicted octanol–water partition coefficient (Wildman–Crippen LogP) is 2.29. The summed E-state index contributed by atoms with van der Waals surface area (Å²) in [5, 5.41) is 0. The molecule has 5 nitrogen and oxygen atoms in total. The van der Waals surface area contributed by atoms with Gasteiger partial charge in [-0.3, -0.25) is 0 Å². The topological polar surface area (TPSA) is 51.4 Å². The fourth-order valence-electron chi connectivity index (χ4n) is 2.19. The van der Waals surface area contributed by atoms with Crippen molar-refractivity contribution in [2.45, 2.75) is 25.9 Å². The number of nitrogens with zero attached hydrogens (tertiary/aromatic N) is 3. The average Bonchev–Trinajstić information content (AvgIpc) is 3.08. The number of anilines is 1. The molecule has 0 aliphatic carbocycles. The highest BCUT2D eigenvalue weighted by molar-refractivity contribution is 5.29. The van der Waals surface area contributed by atoms with Crippen LogP contribution in [0.3, 0.4) is 0 Å². The second-order valence-corrected chi connectivity index (χ2v) is 4.62. The number of aryl methyl sites for hydroxylation is 1. The number of aromatic nitrogens is 2. The lowest BCUT2D eigenvalue weighted by Crippen LogP contribution is -2.25. The van der Waals surface area contributed by atoms with E-state index in [1.54, 1.807) is 12.5 Å². The Hall–Kier alpha value is -2.04. The maximum atomic E-state index is 5.84. The van der Waals surface area contributed by atoms with Gasteiger partial charge in [0.1, 0.15) is 12.4 Å². The van der Waals surface area contributed by atoms with Crippen LogP contribution in [0.15, 0.2) is 35.1 Å². The Labute approximate surface area is 112 Å². The number of pyridine rings is 1. The Morgan fingerprint density at radius 1 is 1.47 bits per heavy atom. The first kappa shape index (κ1) is 12.0. The molecule has 3 rings (SSSR count). The van der Waals surface area contributed by atoms with Crippen molar-refractivity contribution in [3.8, 4) is 5.88 Å².